The van der Waals surface area contributed by atoms with Crippen molar-refractivity contribution in [3.63, 3.8) is 0 Å². The van der Waals surface area contributed by atoms with Gasteiger partial charge in [0.05, 0.1) is 6.61 Å². The molecule has 1 saturated heterocycles. The Bertz CT molecular complexity index is 844. The zero-order chi connectivity index (χ0) is 22.2. The smallest absolute Gasteiger partial charge is 0.251 e. The van der Waals surface area contributed by atoms with Gasteiger partial charge in [0.15, 0.2) is 0 Å². The highest BCUT2D eigenvalue weighted by molar-refractivity contribution is 5.97. The minimum absolute atomic E-state index is 0.00000146. The lowest BCUT2D eigenvalue weighted by Crippen LogP contribution is -2.56. The van der Waals surface area contributed by atoms with Gasteiger partial charge < -0.3 is 15.0 Å². The van der Waals surface area contributed by atoms with E-state index in [1.807, 2.05) is 56.0 Å². The first-order valence-corrected chi connectivity index (χ1v) is 11.1. The van der Waals surface area contributed by atoms with Crippen LogP contribution in [0.5, 0.6) is 5.75 Å². The molecule has 2 aromatic carbocycles. The minimum Gasteiger partial charge on any atom is -0.494 e. The molecule has 0 saturated carbocycles. The molecule has 166 valence electrons. The zero-order valence-corrected chi connectivity index (χ0v) is 18.7. The fraction of sp³-hybridized carbons (Fsp3) is 0.440. The van der Waals surface area contributed by atoms with E-state index in [0.29, 0.717) is 25.3 Å². The highest BCUT2D eigenvalue weighted by atomic mass is 16.5. The number of carbonyl (C=O) groups excluding carboxylic acids is 2. The van der Waals surface area contributed by atoms with E-state index in [2.05, 4.69) is 22.3 Å². The Morgan fingerprint density at radius 3 is 2.19 bits per heavy atom. The van der Waals surface area contributed by atoms with Crippen molar-refractivity contribution in [1.29, 1.82) is 0 Å². The molecule has 0 unspecified atom stereocenters. The van der Waals surface area contributed by atoms with Gasteiger partial charge in [0.1, 0.15) is 11.8 Å². The highest BCUT2D eigenvalue weighted by Crippen LogP contribution is 2.16. The summed E-state index contributed by atoms with van der Waals surface area (Å²) in [6.45, 7) is 10.4. The minimum atomic E-state index is -0.523. The lowest BCUT2D eigenvalue weighted by Gasteiger charge is -2.37. The molecule has 6 nitrogen and oxygen atoms in total. The Labute approximate surface area is 185 Å². The van der Waals surface area contributed by atoms with Crippen molar-refractivity contribution in [2.45, 2.75) is 33.4 Å². The first-order valence-electron chi connectivity index (χ1n) is 11.1. The Balaban J connectivity index is 1.53. The monoisotopic (exact) mass is 423 g/mol. The number of nitrogens with zero attached hydrogens (tertiary/aromatic N) is 2. The van der Waals surface area contributed by atoms with Gasteiger partial charge in [0.25, 0.3) is 5.91 Å². The van der Waals surface area contributed by atoms with Crippen LogP contribution in [0.4, 0.5) is 0 Å². The third kappa shape index (κ3) is 6.31. The third-order valence-electron chi connectivity index (χ3n) is 5.58. The average molecular weight is 424 g/mol. The molecule has 3 rings (SSSR count). The van der Waals surface area contributed by atoms with Gasteiger partial charge in [0.2, 0.25) is 5.91 Å². The molecule has 6 heteroatoms. The number of benzene rings is 2. The number of rotatable bonds is 8. The first kappa shape index (κ1) is 22.8. The number of piperazine rings is 1. The molecule has 2 aromatic rings. The number of hydrogen-bond acceptors (Lipinski definition) is 4. The summed E-state index contributed by atoms with van der Waals surface area (Å²) in [5, 5.41) is 2.94. The van der Waals surface area contributed by atoms with Crippen LogP contribution in [0.25, 0.3) is 0 Å². The van der Waals surface area contributed by atoms with Crippen molar-refractivity contribution in [3.8, 4) is 5.75 Å². The van der Waals surface area contributed by atoms with Crippen LogP contribution in [0.2, 0.25) is 0 Å². The van der Waals surface area contributed by atoms with E-state index in [-0.39, 0.29) is 17.7 Å². The molecule has 1 N–H and O–H groups in total. The van der Waals surface area contributed by atoms with E-state index < -0.39 is 6.04 Å². The molecule has 31 heavy (non-hydrogen) atoms. The van der Waals surface area contributed by atoms with E-state index in [0.717, 1.165) is 25.4 Å². The third-order valence-corrected chi connectivity index (χ3v) is 5.58. The summed E-state index contributed by atoms with van der Waals surface area (Å²) in [6, 6.07) is 16.7. The molecular weight excluding hydrogens is 390 g/mol. The summed E-state index contributed by atoms with van der Waals surface area (Å²) in [5.41, 5.74) is 1.81. The largest absolute Gasteiger partial charge is 0.494 e. The summed E-state index contributed by atoms with van der Waals surface area (Å²) < 4.78 is 5.50. The van der Waals surface area contributed by atoms with Gasteiger partial charge in [0, 0.05) is 38.3 Å². The van der Waals surface area contributed by atoms with Crippen LogP contribution in [-0.2, 0) is 11.3 Å². The van der Waals surface area contributed by atoms with Crippen molar-refractivity contribution in [3.05, 3.63) is 65.7 Å². The quantitative estimate of drug-likeness (QED) is 0.708. The van der Waals surface area contributed by atoms with Crippen LogP contribution in [0.3, 0.4) is 0 Å². The molecule has 1 heterocycles. The standard InChI is InChI=1S/C25H33N3O3/c1-4-31-22-12-10-20(11-13-22)18-27-14-16-28(17-15-27)25(30)23(19(2)3)26-24(29)21-8-6-5-7-9-21/h5-13,19,23H,4,14-18H2,1-3H3,(H,26,29)/t23-/m0/s1. The maximum Gasteiger partial charge on any atom is 0.251 e. The van der Waals surface area contributed by atoms with Gasteiger partial charge >= 0.3 is 0 Å². The number of ether oxygens (including phenoxy) is 1. The van der Waals surface area contributed by atoms with Crippen LogP contribution >= 0.6 is 0 Å². The Hall–Kier alpha value is -2.86. The second-order valence-electron chi connectivity index (χ2n) is 8.24. The lowest BCUT2D eigenvalue weighted by molar-refractivity contribution is -0.136. The number of hydrogen-bond donors (Lipinski definition) is 1. The van der Waals surface area contributed by atoms with E-state index in [9.17, 15) is 9.59 Å². The summed E-state index contributed by atoms with van der Waals surface area (Å²) in [5.74, 6) is 0.697. The van der Waals surface area contributed by atoms with Crippen molar-refractivity contribution in [2.24, 2.45) is 5.92 Å². The second-order valence-corrected chi connectivity index (χ2v) is 8.24. The van der Waals surface area contributed by atoms with Crippen LogP contribution in [0.1, 0.15) is 36.7 Å². The van der Waals surface area contributed by atoms with Crippen LogP contribution in [0.15, 0.2) is 54.6 Å². The van der Waals surface area contributed by atoms with E-state index >= 15 is 0 Å². The predicted octanol–water partition coefficient (Wildman–Crippen LogP) is 3.18. The van der Waals surface area contributed by atoms with Crippen molar-refractivity contribution >= 4 is 11.8 Å². The van der Waals surface area contributed by atoms with Gasteiger partial charge in [-0.05, 0) is 42.7 Å². The summed E-state index contributed by atoms with van der Waals surface area (Å²) in [6.07, 6.45) is 0. The molecule has 1 aliphatic heterocycles. The zero-order valence-electron chi connectivity index (χ0n) is 18.7. The Morgan fingerprint density at radius 1 is 0.968 bits per heavy atom. The molecule has 0 radical (unpaired) electrons. The molecule has 0 spiro atoms. The van der Waals surface area contributed by atoms with Crippen LogP contribution in [-0.4, -0.2) is 60.4 Å². The number of nitrogens with one attached hydrogen (secondary N) is 1. The fourth-order valence-electron chi connectivity index (χ4n) is 3.77. The van der Waals surface area contributed by atoms with Gasteiger partial charge in [-0.15, -0.1) is 0 Å². The SMILES string of the molecule is CCOc1ccc(CN2CCN(C(=O)[C@@H](NC(=O)c3ccccc3)C(C)C)CC2)cc1. The molecule has 1 atom stereocenters. The normalized spacial score (nSPS) is 15.5. The highest BCUT2D eigenvalue weighted by Gasteiger charge is 2.30. The van der Waals surface area contributed by atoms with Gasteiger partial charge in [-0.2, -0.15) is 0 Å². The number of carbonyl (C=O) groups is 2. The molecule has 2 amide bonds. The van der Waals surface area contributed by atoms with Crippen molar-refractivity contribution in [2.75, 3.05) is 32.8 Å². The molecule has 0 aliphatic carbocycles. The van der Waals surface area contributed by atoms with Gasteiger partial charge in [-0.1, -0.05) is 44.2 Å². The maximum absolute atomic E-state index is 13.1. The van der Waals surface area contributed by atoms with E-state index in [1.165, 1.54) is 5.56 Å². The second kappa shape index (κ2) is 11.0. The predicted molar refractivity (Wildman–Crippen MR) is 122 cm³/mol. The van der Waals surface area contributed by atoms with Crippen LogP contribution in [0, 0.1) is 5.92 Å². The van der Waals surface area contributed by atoms with E-state index in [4.69, 9.17) is 4.74 Å². The van der Waals surface area contributed by atoms with Crippen molar-refractivity contribution in [1.82, 2.24) is 15.1 Å². The number of amides is 2. The first-order chi connectivity index (χ1) is 15.0. The average Bonchev–Trinajstić information content (AvgIpc) is 2.79. The van der Waals surface area contributed by atoms with Gasteiger partial charge in [-0.25, -0.2) is 0 Å². The molecule has 0 aromatic heterocycles. The van der Waals surface area contributed by atoms with Gasteiger partial charge in [-0.3, -0.25) is 14.5 Å². The Morgan fingerprint density at radius 2 is 1.61 bits per heavy atom. The lowest BCUT2D eigenvalue weighted by atomic mass is 10.0. The topological polar surface area (TPSA) is 61.9 Å². The Kier molecular flexibility index (Phi) is 8.06. The fourth-order valence-corrected chi connectivity index (χ4v) is 3.77. The molecule has 1 aliphatic rings. The summed E-state index contributed by atoms with van der Waals surface area (Å²) >= 11 is 0. The maximum atomic E-state index is 13.1. The molecule has 0 bridgehead atoms. The van der Waals surface area contributed by atoms with Crippen LogP contribution < -0.4 is 10.1 Å². The molecule has 1 fully saturated rings. The van der Waals surface area contributed by atoms with Crippen molar-refractivity contribution < 1.29 is 14.3 Å². The summed E-state index contributed by atoms with van der Waals surface area (Å²) in [7, 11) is 0. The summed E-state index contributed by atoms with van der Waals surface area (Å²) in [4.78, 5) is 30.0. The molecular formula is C25H33N3O3. The van der Waals surface area contributed by atoms with E-state index in [1.54, 1.807) is 12.1 Å².